The maximum Gasteiger partial charge on any atom is 0.326 e. The van der Waals surface area contributed by atoms with Crippen LogP contribution in [-0.4, -0.2) is 84.0 Å². The number of H-pyrrole nitrogens is 2. The zero-order chi connectivity index (χ0) is 26.0. The summed E-state index contributed by atoms with van der Waals surface area (Å²) in [6.07, 6.45) is 4.72. The number of hydrogen-bond acceptors (Lipinski definition) is 8. The highest BCUT2D eigenvalue weighted by molar-refractivity contribution is 5.94. The van der Waals surface area contributed by atoms with Crippen LogP contribution in [0.5, 0.6) is 0 Å². The highest BCUT2D eigenvalue weighted by Gasteiger charge is 2.31. The zero-order valence-electron chi connectivity index (χ0n) is 18.9. The van der Waals surface area contributed by atoms with Gasteiger partial charge in [0.25, 0.3) is 0 Å². The molecule has 35 heavy (non-hydrogen) atoms. The molecule has 3 amide bonds. The third-order valence-electron chi connectivity index (χ3n) is 4.90. The van der Waals surface area contributed by atoms with E-state index in [-0.39, 0.29) is 19.3 Å². The van der Waals surface area contributed by atoms with E-state index in [1.165, 1.54) is 32.0 Å². The number of carboxylic acids is 2. The first-order chi connectivity index (χ1) is 16.6. The second kappa shape index (κ2) is 12.8. The molecule has 0 aliphatic heterocycles. The van der Waals surface area contributed by atoms with Gasteiger partial charge in [0, 0.05) is 43.0 Å². The predicted molar refractivity (Wildman–Crippen MR) is 119 cm³/mol. The number of aliphatic carboxylic acids is 2. The summed E-state index contributed by atoms with van der Waals surface area (Å²) in [5, 5.41) is 25.7. The van der Waals surface area contributed by atoms with Gasteiger partial charge in [0.05, 0.1) is 18.7 Å². The highest BCUT2D eigenvalue weighted by Crippen LogP contribution is 2.05. The molecule has 9 N–H and O–H groups in total. The van der Waals surface area contributed by atoms with Crippen LogP contribution < -0.4 is 21.7 Å². The molecular weight excluding hydrogens is 464 g/mol. The lowest BCUT2D eigenvalue weighted by atomic mass is 10.1. The summed E-state index contributed by atoms with van der Waals surface area (Å²) in [6.45, 7) is 1.39. The van der Waals surface area contributed by atoms with Gasteiger partial charge in [-0.05, 0) is 13.3 Å². The molecule has 0 radical (unpaired) electrons. The normalized spacial score (nSPS) is 14.2. The van der Waals surface area contributed by atoms with Crippen molar-refractivity contribution in [2.24, 2.45) is 5.73 Å². The van der Waals surface area contributed by atoms with Gasteiger partial charge in [-0.15, -0.1) is 0 Å². The van der Waals surface area contributed by atoms with E-state index in [2.05, 4.69) is 35.9 Å². The minimum absolute atomic E-state index is 0.0825. The Morgan fingerprint density at radius 3 is 1.80 bits per heavy atom. The van der Waals surface area contributed by atoms with Gasteiger partial charge in [0.15, 0.2) is 0 Å². The molecule has 0 saturated heterocycles. The summed E-state index contributed by atoms with van der Waals surface area (Å²) in [6, 6.07) is -4.85. The molecule has 15 nitrogen and oxygen atoms in total. The first-order valence-corrected chi connectivity index (χ1v) is 10.6. The summed E-state index contributed by atoms with van der Waals surface area (Å²) in [5.41, 5.74) is 6.46. The highest BCUT2D eigenvalue weighted by atomic mass is 16.4. The first kappa shape index (κ1) is 27.0. The number of hydrogen-bond donors (Lipinski definition) is 8. The number of imidazole rings is 2. The van der Waals surface area contributed by atoms with Gasteiger partial charge in [-0.3, -0.25) is 19.2 Å². The number of aromatic amines is 2. The Morgan fingerprint density at radius 2 is 1.34 bits per heavy atom. The van der Waals surface area contributed by atoms with E-state index < -0.39 is 60.2 Å². The molecule has 15 heteroatoms. The molecule has 2 aromatic heterocycles. The van der Waals surface area contributed by atoms with Crippen LogP contribution in [0.4, 0.5) is 0 Å². The molecular formula is C20H28N8O7. The van der Waals surface area contributed by atoms with Crippen molar-refractivity contribution in [3.63, 3.8) is 0 Å². The number of nitrogens with two attached hydrogens (primary N) is 1. The van der Waals surface area contributed by atoms with Crippen molar-refractivity contribution in [2.45, 2.75) is 56.8 Å². The Bertz CT molecular complexity index is 1010. The van der Waals surface area contributed by atoms with Crippen LogP contribution in [0.15, 0.2) is 25.0 Å². The lowest BCUT2D eigenvalue weighted by Crippen LogP contribution is -2.57. The standard InChI is InChI=1S/C20H28N8O7/c1-10(21)17(31)26-13(2-3-16(29)30)18(32)27-14(4-11-6-22-8-24-11)19(33)28-15(20(34)35)5-12-7-23-9-25-12/h6-10,13-15H,2-5,21H2,1H3,(H,22,24)(H,23,25)(H,26,31)(H,27,32)(H,28,33)(H,29,30)(H,34,35). The van der Waals surface area contributed by atoms with E-state index >= 15 is 0 Å². The molecule has 4 atom stereocenters. The average molecular weight is 492 g/mol. The van der Waals surface area contributed by atoms with E-state index in [1.807, 2.05) is 0 Å². The first-order valence-electron chi connectivity index (χ1n) is 10.6. The maximum atomic E-state index is 13.0. The number of carbonyl (C=O) groups excluding carboxylic acids is 3. The van der Waals surface area contributed by atoms with E-state index in [1.54, 1.807) is 0 Å². The van der Waals surface area contributed by atoms with E-state index in [0.717, 1.165) is 0 Å². The summed E-state index contributed by atoms with van der Waals surface area (Å²) >= 11 is 0. The van der Waals surface area contributed by atoms with Crippen molar-refractivity contribution in [2.75, 3.05) is 0 Å². The summed E-state index contributed by atoms with van der Waals surface area (Å²) < 4.78 is 0. The van der Waals surface area contributed by atoms with Gasteiger partial charge >= 0.3 is 11.9 Å². The summed E-state index contributed by atoms with van der Waals surface area (Å²) in [7, 11) is 0. The second-order valence-corrected chi connectivity index (χ2v) is 7.80. The van der Waals surface area contributed by atoms with Gasteiger partial charge in [-0.25, -0.2) is 14.8 Å². The van der Waals surface area contributed by atoms with Crippen LogP contribution in [-0.2, 0) is 36.8 Å². The van der Waals surface area contributed by atoms with Crippen LogP contribution >= 0.6 is 0 Å². The van der Waals surface area contributed by atoms with Gasteiger partial charge in [0.1, 0.15) is 18.1 Å². The Labute approximate surface area is 199 Å². The molecule has 0 spiro atoms. The predicted octanol–water partition coefficient (Wildman–Crippen LogP) is -2.33. The lowest BCUT2D eigenvalue weighted by Gasteiger charge is -2.24. The molecule has 0 bridgehead atoms. The number of nitrogens with one attached hydrogen (secondary N) is 5. The second-order valence-electron chi connectivity index (χ2n) is 7.80. The van der Waals surface area contributed by atoms with Crippen molar-refractivity contribution in [3.8, 4) is 0 Å². The monoisotopic (exact) mass is 492 g/mol. The van der Waals surface area contributed by atoms with Crippen molar-refractivity contribution < 1.29 is 34.2 Å². The summed E-state index contributed by atoms with van der Waals surface area (Å²) in [4.78, 5) is 73.9. The van der Waals surface area contributed by atoms with Gasteiger partial charge in [-0.1, -0.05) is 0 Å². The van der Waals surface area contributed by atoms with Gasteiger partial charge in [-0.2, -0.15) is 0 Å². The number of amides is 3. The van der Waals surface area contributed by atoms with Crippen LogP contribution in [0.2, 0.25) is 0 Å². The minimum Gasteiger partial charge on any atom is -0.481 e. The third-order valence-corrected chi connectivity index (χ3v) is 4.90. The Morgan fingerprint density at radius 1 is 0.857 bits per heavy atom. The fraction of sp³-hybridized carbons (Fsp3) is 0.450. The quantitative estimate of drug-likeness (QED) is 0.140. The number of aromatic nitrogens is 4. The topological polar surface area (TPSA) is 245 Å². The molecule has 0 fully saturated rings. The van der Waals surface area contributed by atoms with Crippen LogP contribution in [0, 0.1) is 0 Å². The van der Waals surface area contributed by atoms with E-state index in [0.29, 0.717) is 11.4 Å². The van der Waals surface area contributed by atoms with E-state index in [4.69, 9.17) is 10.8 Å². The molecule has 0 aliphatic carbocycles. The Kier molecular flexibility index (Phi) is 9.89. The summed E-state index contributed by atoms with van der Waals surface area (Å²) in [5.74, 6) is -4.82. The SMILES string of the molecule is CC(N)C(=O)NC(CCC(=O)O)C(=O)NC(Cc1cnc[nH]1)C(=O)NC(Cc1cnc[nH]1)C(=O)O. The fourth-order valence-corrected chi connectivity index (χ4v) is 3.03. The number of rotatable bonds is 14. The smallest absolute Gasteiger partial charge is 0.326 e. The van der Waals surface area contributed by atoms with Gasteiger partial charge < -0.3 is 41.9 Å². The molecule has 0 aliphatic rings. The lowest BCUT2D eigenvalue weighted by molar-refractivity contribution is -0.142. The third kappa shape index (κ3) is 8.88. The molecule has 190 valence electrons. The molecule has 2 aromatic rings. The van der Waals surface area contributed by atoms with E-state index in [9.17, 15) is 29.1 Å². The number of carbonyl (C=O) groups is 5. The van der Waals surface area contributed by atoms with Crippen molar-refractivity contribution in [3.05, 3.63) is 36.4 Å². The molecule has 4 unspecified atom stereocenters. The zero-order valence-corrected chi connectivity index (χ0v) is 18.9. The van der Waals surface area contributed by atoms with Crippen molar-refractivity contribution >= 4 is 29.7 Å². The molecule has 2 rings (SSSR count). The minimum atomic E-state index is -1.33. The largest absolute Gasteiger partial charge is 0.481 e. The molecule has 0 aromatic carbocycles. The average Bonchev–Trinajstić information content (AvgIpc) is 3.49. The maximum absolute atomic E-state index is 13.0. The molecule has 2 heterocycles. The Hall–Kier alpha value is -4.27. The molecule has 0 saturated carbocycles. The number of carboxylic acid groups (broad SMARTS) is 2. The van der Waals surface area contributed by atoms with Crippen molar-refractivity contribution in [1.82, 2.24) is 35.9 Å². The van der Waals surface area contributed by atoms with Crippen LogP contribution in [0.25, 0.3) is 0 Å². The van der Waals surface area contributed by atoms with Crippen LogP contribution in [0.1, 0.15) is 31.2 Å². The van der Waals surface area contributed by atoms with Crippen LogP contribution in [0.3, 0.4) is 0 Å². The fourth-order valence-electron chi connectivity index (χ4n) is 3.03. The van der Waals surface area contributed by atoms with Gasteiger partial charge in [0.2, 0.25) is 17.7 Å². The number of nitrogens with zero attached hydrogens (tertiary/aromatic N) is 2. The Balaban J connectivity index is 2.19. The van der Waals surface area contributed by atoms with Crippen molar-refractivity contribution in [1.29, 1.82) is 0 Å².